The first kappa shape index (κ1) is 23.6. The number of nitrogens with one attached hydrogen (secondary N) is 1. The van der Waals surface area contributed by atoms with Crippen LogP contribution in [0.4, 0.5) is 0 Å². The van der Waals surface area contributed by atoms with E-state index in [4.69, 9.17) is 27.9 Å². The summed E-state index contributed by atoms with van der Waals surface area (Å²) in [6, 6.07) is 8.82. The number of Topliss-reactive ketones (excluding diaryl/α,β-unsaturated/α-hetero) is 1. The molecule has 164 valence electrons. The number of methoxy groups -OCH3 is 1. The first-order valence-electron chi connectivity index (χ1n) is 9.33. The fourth-order valence-electron chi connectivity index (χ4n) is 2.79. The van der Waals surface area contributed by atoms with Gasteiger partial charge in [0.2, 0.25) is 5.91 Å². The lowest BCUT2D eigenvalue weighted by molar-refractivity contribution is -0.118. The molecule has 11 heteroatoms. The Kier molecular flexibility index (Phi) is 8.36. The number of ether oxygens (including phenoxy) is 1. The molecule has 3 aromatic rings. The van der Waals surface area contributed by atoms with E-state index >= 15 is 0 Å². The average molecular weight is 499 g/mol. The molecule has 0 aliphatic carbocycles. The maximum atomic E-state index is 12.5. The number of halogens is 2. The number of aromatic nitrogens is 3. The number of aryl methyl sites for hydroxylation is 1. The lowest BCUT2D eigenvalue weighted by Gasteiger charge is -2.12. The van der Waals surface area contributed by atoms with Crippen LogP contribution in [0, 0.1) is 0 Å². The molecule has 1 aromatic carbocycles. The molecule has 3 rings (SSSR count). The van der Waals surface area contributed by atoms with Gasteiger partial charge in [-0.1, -0.05) is 35.0 Å². The van der Waals surface area contributed by atoms with Crippen LogP contribution in [0.5, 0.6) is 5.75 Å². The van der Waals surface area contributed by atoms with Gasteiger partial charge in [-0.05, 0) is 36.8 Å². The summed E-state index contributed by atoms with van der Waals surface area (Å²) in [6.45, 7) is 2.01. The van der Waals surface area contributed by atoms with Crippen molar-refractivity contribution < 1.29 is 14.3 Å². The number of benzene rings is 1. The number of carbonyl (C=O) groups is 2. The number of hydrogen-bond acceptors (Lipinski definition) is 7. The van der Waals surface area contributed by atoms with Crippen LogP contribution in [-0.4, -0.2) is 45.9 Å². The van der Waals surface area contributed by atoms with Gasteiger partial charge >= 0.3 is 0 Å². The molecule has 0 bridgehead atoms. The molecule has 0 saturated heterocycles. The second-order valence-electron chi connectivity index (χ2n) is 6.46. The van der Waals surface area contributed by atoms with Crippen molar-refractivity contribution in [2.45, 2.75) is 24.9 Å². The monoisotopic (exact) mass is 498 g/mol. The average Bonchev–Trinajstić information content (AvgIpc) is 3.35. The maximum Gasteiger partial charge on any atom is 0.216 e. The number of amides is 1. The van der Waals surface area contributed by atoms with Gasteiger partial charge in [0.25, 0.3) is 0 Å². The molecule has 0 spiro atoms. The number of hydrogen-bond donors (Lipinski definition) is 1. The maximum absolute atomic E-state index is 12.5. The van der Waals surface area contributed by atoms with E-state index in [1.165, 1.54) is 30.0 Å². The highest BCUT2D eigenvalue weighted by Gasteiger charge is 2.18. The van der Waals surface area contributed by atoms with Gasteiger partial charge in [-0.2, -0.15) is 0 Å². The topological polar surface area (TPSA) is 86.1 Å². The minimum Gasteiger partial charge on any atom is -0.495 e. The number of carbonyl (C=O) groups excluding carboxylic acids is 2. The largest absolute Gasteiger partial charge is 0.495 e. The zero-order valence-electron chi connectivity index (χ0n) is 16.9. The summed E-state index contributed by atoms with van der Waals surface area (Å²) in [5.74, 6) is 1.36. The molecule has 0 aliphatic rings. The van der Waals surface area contributed by atoms with Crippen molar-refractivity contribution >= 4 is 58.0 Å². The predicted octanol–water partition coefficient (Wildman–Crippen LogP) is 4.69. The minimum atomic E-state index is -0.0770. The number of thiophene rings is 1. The SMILES string of the molecule is COc1ccc(-n2c(CCCNC(C)=O)nnc2SCC(=O)c2ccc(Cl)s2)cc1Cl. The minimum absolute atomic E-state index is 0.0311. The van der Waals surface area contributed by atoms with Crippen molar-refractivity contribution in [3.8, 4) is 11.4 Å². The molecular weight excluding hydrogens is 479 g/mol. The molecule has 1 amide bonds. The first-order valence-corrected chi connectivity index (χ1v) is 11.9. The third-order valence-corrected chi connectivity index (χ3v) is 6.72. The smallest absolute Gasteiger partial charge is 0.216 e. The summed E-state index contributed by atoms with van der Waals surface area (Å²) in [4.78, 5) is 24.2. The summed E-state index contributed by atoms with van der Waals surface area (Å²) in [7, 11) is 1.55. The molecule has 2 heterocycles. The van der Waals surface area contributed by atoms with Crippen molar-refractivity contribution in [1.82, 2.24) is 20.1 Å². The molecule has 7 nitrogen and oxygen atoms in total. The molecule has 0 atom stereocenters. The van der Waals surface area contributed by atoms with Gasteiger partial charge in [-0.3, -0.25) is 14.2 Å². The molecule has 0 saturated carbocycles. The van der Waals surface area contributed by atoms with Gasteiger partial charge in [0.15, 0.2) is 10.9 Å². The summed E-state index contributed by atoms with van der Waals surface area (Å²) < 4.78 is 7.69. The Morgan fingerprint density at radius 2 is 2.03 bits per heavy atom. The first-order chi connectivity index (χ1) is 14.9. The third kappa shape index (κ3) is 6.22. The van der Waals surface area contributed by atoms with Crippen molar-refractivity contribution in [1.29, 1.82) is 0 Å². The van der Waals surface area contributed by atoms with Crippen molar-refractivity contribution in [3.05, 3.63) is 50.4 Å². The van der Waals surface area contributed by atoms with Gasteiger partial charge in [0, 0.05) is 19.9 Å². The van der Waals surface area contributed by atoms with Crippen LogP contribution in [0.2, 0.25) is 9.36 Å². The zero-order chi connectivity index (χ0) is 22.4. The third-order valence-electron chi connectivity index (χ3n) is 4.23. The number of nitrogens with zero attached hydrogens (tertiary/aromatic N) is 3. The molecular formula is C20H20Cl2N4O3S2. The fourth-order valence-corrected chi connectivity index (χ4v) is 4.96. The van der Waals surface area contributed by atoms with E-state index < -0.39 is 0 Å². The number of thioether (sulfide) groups is 1. The second-order valence-corrected chi connectivity index (χ2v) is 9.52. The summed E-state index contributed by atoms with van der Waals surface area (Å²) >= 11 is 14.8. The van der Waals surface area contributed by atoms with E-state index in [9.17, 15) is 9.59 Å². The van der Waals surface area contributed by atoms with Crippen LogP contribution < -0.4 is 10.1 Å². The van der Waals surface area contributed by atoms with Gasteiger partial charge in [0.1, 0.15) is 11.6 Å². The van der Waals surface area contributed by atoms with Gasteiger partial charge in [-0.15, -0.1) is 21.5 Å². The van der Waals surface area contributed by atoms with Crippen molar-refractivity contribution in [3.63, 3.8) is 0 Å². The summed E-state index contributed by atoms with van der Waals surface area (Å²) in [5.41, 5.74) is 0.763. The van der Waals surface area contributed by atoms with E-state index in [1.807, 2.05) is 10.6 Å². The van der Waals surface area contributed by atoms with Gasteiger partial charge < -0.3 is 10.1 Å². The Bertz CT molecular complexity index is 1080. The van der Waals surface area contributed by atoms with Crippen LogP contribution in [0.1, 0.15) is 28.8 Å². The van der Waals surface area contributed by atoms with E-state index in [2.05, 4.69) is 15.5 Å². The predicted molar refractivity (Wildman–Crippen MR) is 124 cm³/mol. The van der Waals surface area contributed by atoms with E-state index in [0.717, 1.165) is 5.69 Å². The summed E-state index contributed by atoms with van der Waals surface area (Å²) in [6.07, 6.45) is 1.28. The Labute approximate surface area is 198 Å². The van der Waals surface area contributed by atoms with Crippen molar-refractivity contribution in [2.24, 2.45) is 0 Å². The van der Waals surface area contributed by atoms with E-state index in [-0.39, 0.29) is 17.4 Å². The lowest BCUT2D eigenvalue weighted by Crippen LogP contribution is -2.21. The molecule has 0 fully saturated rings. The number of rotatable bonds is 10. The molecule has 2 aromatic heterocycles. The number of ketones is 1. The van der Waals surface area contributed by atoms with Crippen molar-refractivity contribution in [2.75, 3.05) is 19.4 Å². The van der Waals surface area contributed by atoms with Crippen LogP contribution in [-0.2, 0) is 11.2 Å². The highest BCUT2D eigenvalue weighted by Crippen LogP contribution is 2.30. The normalized spacial score (nSPS) is 10.8. The highest BCUT2D eigenvalue weighted by molar-refractivity contribution is 7.99. The fraction of sp³-hybridized carbons (Fsp3) is 0.300. The Morgan fingerprint density at radius 1 is 1.23 bits per heavy atom. The Hall–Kier alpha value is -2.07. The quantitative estimate of drug-likeness (QED) is 0.248. The van der Waals surface area contributed by atoms with Crippen LogP contribution in [0.15, 0.2) is 35.5 Å². The van der Waals surface area contributed by atoms with Gasteiger partial charge in [-0.25, -0.2) is 0 Å². The van der Waals surface area contributed by atoms with Crippen LogP contribution in [0.3, 0.4) is 0 Å². The molecule has 31 heavy (non-hydrogen) atoms. The standard InChI is InChI=1S/C20H20Cl2N4O3S2/c1-12(27)23-9-3-4-19-24-25-20(30-11-15(28)17-7-8-18(22)31-17)26(19)13-5-6-16(29-2)14(21)10-13/h5-8,10H,3-4,9,11H2,1-2H3,(H,23,27). The van der Waals surface area contributed by atoms with Gasteiger partial charge in [0.05, 0.1) is 32.8 Å². The van der Waals surface area contributed by atoms with E-state index in [0.29, 0.717) is 50.4 Å². The Balaban J connectivity index is 1.83. The zero-order valence-corrected chi connectivity index (χ0v) is 20.0. The highest BCUT2D eigenvalue weighted by atomic mass is 35.5. The van der Waals surface area contributed by atoms with Crippen LogP contribution in [0.25, 0.3) is 5.69 Å². The Morgan fingerprint density at radius 3 is 2.68 bits per heavy atom. The second kappa shape index (κ2) is 11.0. The lowest BCUT2D eigenvalue weighted by atomic mass is 10.2. The molecule has 0 unspecified atom stereocenters. The van der Waals surface area contributed by atoms with E-state index in [1.54, 1.807) is 31.4 Å². The molecule has 0 aliphatic heterocycles. The van der Waals surface area contributed by atoms with Crippen LogP contribution >= 0.6 is 46.3 Å². The molecule has 0 radical (unpaired) electrons. The molecule has 1 N–H and O–H groups in total. The summed E-state index contributed by atoms with van der Waals surface area (Å²) in [5, 5.41) is 12.4.